The first-order valence-electron chi connectivity index (χ1n) is 12.2. The van der Waals surface area contributed by atoms with Gasteiger partial charge in [-0.1, -0.05) is 42.5 Å². The largest absolute Gasteiger partial charge is 0.480 e. The Bertz CT molecular complexity index is 1730. The van der Waals surface area contributed by atoms with Crippen LogP contribution in [-0.4, -0.2) is 28.8 Å². The number of carbonyl (C=O) groups excluding carboxylic acids is 1. The van der Waals surface area contributed by atoms with Crippen molar-refractivity contribution in [3.8, 4) is 11.1 Å². The van der Waals surface area contributed by atoms with Gasteiger partial charge in [0.05, 0.1) is 18.2 Å². The summed E-state index contributed by atoms with van der Waals surface area (Å²) in [6.45, 7) is 1.72. The van der Waals surface area contributed by atoms with Gasteiger partial charge in [-0.25, -0.2) is 14.0 Å². The lowest BCUT2D eigenvalue weighted by Crippen LogP contribution is -2.43. The standard InChI is InChI=1S/C30H24FNO6S/c1-17-21-11-23-24(19-7-9-20(31)10-8-19)14-37-26(23)13-27(21)38-30(36)22(17)12-28(33)32-25(29(34)35)16-39-15-18-5-3-2-4-6-18/h2-11,13-14,25H,12,15-16H2,1H3,(H,32,33)(H,34,35)/t25-/m1/s1. The summed E-state index contributed by atoms with van der Waals surface area (Å²) >= 11 is 1.40. The minimum absolute atomic E-state index is 0.146. The lowest BCUT2D eigenvalue weighted by Gasteiger charge is -2.15. The number of amides is 1. The molecule has 198 valence electrons. The Hall–Kier alpha value is -4.37. The van der Waals surface area contributed by atoms with Crippen LogP contribution in [0.5, 0.6) is 0 Å². The van der Waals surface area contributed by atoms with E-state index in [1.807, 2.05) is 36.4 Å². The number of thioether (sulfide) groups is 1. The van der Waals surface area contributed by atoms with E-state index in [2.05, 4.69) is 5.32 Å². The molecule has 2 aromatic heterocycles. The second-order valence-corrected chi connectivity index (χ2v) is 10.2. The van der Waals surface area contributed by atoms with Crippen molar-refractivity contribution in [2.24, 2.45) is 0 Å². The van der Waals surface area contributed by atoms with Crippen molar-refractivity contribution >= 4 is 45.6 Å². The third-order valence-electron chi connectivity index (χ3n) is 6.50. The molecule has 0 aliphatic rings. The smallest absolute Gasteiger partial charge is 0.340 e. The maximum Gasteiger partial charge on any atom is 0.340 e. The molecule has 2 heterocycles. The second-order valence-electron chi connectivity index (χ2n) is 9.13. The Morgan fingerprint density at radius 3 is 2.49 bits per heavy atom. The summed E-state index contributed by atoms with van der Waals surface area (Å²) in [5.41, 5.74) is 3.37. The van der Waals surface area contributed by atoms with E-state index in [-0.39, 0.29) is 23.6 Å². The molecule has 0 aliphatic heterocycles. The van der Waals surface area contributed by atoms with Crippen molar-refractivity contribution in [1.29, 1.82) is 0 Å². The van der Waals surface area contributed by atoms with Gasteiger partial charge in [0.25, 0.3) is 0 Å². The van der Waals surface area contributed by atoms with Gasteiger partial charge in [0.1, 0.15) is 23.0 Å². The number of benzene rings is 3. The van der Waals surface area contributed by atoms with Crippen LogP contribution in [0.3, 0.4) is 0 Å². The number of fused-ring (bicyclic) bond motifs is 2. The SMILES string of the molecule is Cc1c(CC(=O)N[C@H](CSCc2ccccc2)C(=O)O)c(=O)oc2cc3occ(-c4ccc(F)cc4)c3cc12. The van der Waals surface area contributed by atoms with Gasteiger partial charge in [-0.05, 0) is 41.8 Å². The number of nitrogens with one attached hydrogen (secondary N) is 1. The number of rotatable bonds is 9. The molecule has 0 bridgehead atoms. The Labute approximate surface area is 226 Å². The number of aryl methyl sites for hydroxylation is 1. The molecule has 39 heavy (non-hydrogen) atoms. The van der Waals surface area contributed by atoms with E-state index in [0.29, 0.717) is 27.9 Å². The molecular weight excluding hydrogens is 521 g/mol. The summed E-state index contributed by atoms with van der Waals surface area (Å²) < 4.78 is 24.6. The molecule has 0 fully saturated rings. The molecule has 0 spiro atoms. The lowest BCUT2D eigenvalue weighted by atomic mass is 9.99. The van der Waals surface area contributed by atoms with Gasteiger partial charge in [0.2, 0.25) is 5.91 Å². The van der Waals surface area contributed by atoms with Crippen molar-refractivity contribution in [1.82, 2.24) is 5.32 Å². The predicted molar refractivity (Wildman–Crippen MR) is 148 cm³/mol. The first-order chi connectivity index (χ1) is 18.8. The maximum absolute atomic E-state index is 13.4. The molecular formula is C30H24FNO6S. The third-order valence-corrected chi connectivity index (χ3v) is 7.61. The van der Waals surface area contributed by atoms with E-state index in [1.54, 1.807) is 31.4 Å². The van der Waals surface area contributed by atoms with Crippen molar-refractivity contribution in [2.45, 2.75) is 25.1 Å². The number of furan rings is 1. The van der Waals surface area contributed by atoms with E-state index in [0.717, 1.165) is 22.1 Å². The minimum atomic E-state index is -1.15. The molecule has 1 amide bonds. The highest BCUT2D eigenvalue weighted by atomic mass is 32.2. The number of carbonyl (C=O) groups is 2. The van der Waals surface area contributed by atoms with Gasteiger partial charge in [0, 0.05) is 33.9 Å². The van der Waals surface area contributed by atoms with E-state index < -0.39 is 23.5 Å². The van der Waals surface area contributed by atoms with E-state index >= 15 is 0 Å². The normalized spacial score (nSPS) is 12.1. The molecule has 0 saturated heterocycles. The molecule has 0 saturated carbocycles. The number of aliphatic carboxylic acids is 1. The fourth-order valence-electron chi connectivity index (χ4n) is 4.42. The zero-order chi connectivity index (χ0) is 27.5. The van der Waals surface area contributed by atoms with Crippen LogP contribution in [0.2, 0.25) is 0 Å². The van der Waals surface area contributed by atoms with Crippen molar-refractivity contribution in [3.63, 3.8) is 0 Å². The van der Waals surface area contributed by atoms with Crippen molar-refractivity contribution in [2.75, 3.05) is 5.75 Å². The molecule has 5 rings (SSSR count). The molecule has 3 aromatic carbocycles. The molecule has 0 aliphatic carbocycles. The lowest BCUT2D eigenvalue weighted by molar-refractivity contribution is -0.141. The fourth-order valence-corrected chi connectivity index (χ4v) is 5.42. The van der Waals surface area contributed by atoms with Crippen molar-refractivity contribution in [3.05, 3.63) is 106 Å². The first-order valence-corrected chi connectivity index (χ1v) is 13.3. The van der Waals surface area contributed by atoms with Crippen LogP contribution in [0.1, 0.15) is 16.7 Å². The molecule has 9 heteroatoms. The predicted octanol–water partition coefficient (Wildman–Crippen LogP) is 5.70. The highest BCUT2D eigenvalue weighted by Gasteiger charge is 2.23. The van der Waals surface area contributed by atoms with Crippen LogP contribution >= 0.6 is 11.8 Å². The molecule has 0 unspecified atom stereocenters. The molecule has 0 radical (unpaired) electrons. The monoisotopic (exact) mass is 545 g/mol. The third kappa shape index (κ3) is 5.73. The summed E-state index contributed by atoms with van der Waals surface area (Å²) in [7, 11) is 0. The second kappa shape index (κ2) is 11.2. The summed E-state index contributed by atoms with van der Waals surface area (Å²) in [5, 5.41) is 13.5. The topological polar surface area (TPSA) is 110 Å². The first kappa shape index (κ1) is 26.2. The Morgan fingerprint density at radius 2 is 1.77 bits per heavy atom. The average molecular weight is 546 g/mol. The molecule has 5 aromatic rings. The van der Waals surface area contributed by atoms with Gasteiger partial charge in [0.15, 0.2) is 0 Å². The van der Waals surface area contributed by atoms with Gasteiger partial charge in [-0.15, -0.1) is 0 Å². The van der Waals surface area contributed by atoms with E-state index in [1.165, 1.54) is 23.9 Å². The van der Waals surface area contributed by atoms with E-state index in [9.17, 15) is 23.9 Å². The van der Waals surface area contributed by atoms with Crippen LogP contribution in [-0.2, 0) is 21.8 Å². The van der Waals surface area contributed by atoms with Crippen molar-refractivity contribution < 1.29 is 27.9 Å². The summed E-state index contributed by atoms with van der Waals surface area (Å²) in [5.74, 6) is -1.31. The van der Waals surface area contributed by atoms with Crippen LogP contribution in [0.15, 0.2) is 86.6 Å². The van der Waals surface area contributed by atoms with Crippen LogP contribution in [0.4, 0.5) is 4.39 Å². The van der Waals surface area contributed by atoms with Gasteiger partial charge in [-0.3, -0.25) is 4.79 Å². The van der Waals surface area contributed by atoms with Gasteiger partial charge < -0.3 is 19.3 Å². The van der Waals surface area contributed by atoms with Gasteiger partial charge >= 0.3 is 11.6 Å². The number of carboxylic acids is 1. The maximum atomic E-state index is 13.4. The summed E-state index contributed by atoms with van der Waals surface area (Å²) in [4.78, 5) is 37.4. The van der Waals surface area contributed by atoms with Crippen LogP contribution in [0, 0.1) is 12.7 Å². The summed E-state index contributed by atoms with van der Waals surface area (Å²) in [6, 6.07) is 17.9. The van der Waals surface area contributed by atoms with Crippen LogP contribution < -0.4 is 10.9 Å². The molecule has 1 atom stereocenters. The minimum Gasteiger partial charge on any atom is -0.480 e. The highest BCUT2D eigenvalue weighted by Crippen LogP contribution is 2.34. The van der Waals surface area contributed by atoms with E-state index in [4.69, 9.17) is 8.83 Å². The van der Waals surface area contributed by atoms with Gasteiger partial charge in [-0.2, -0.15) is 11.8 Å². The van der Waals surface area contributed by atoms with Crippen LogP contribution in [0.25, 0.3) is 33.1 Å². The Balaban J connectivity index is 1.37. The zero-order valence-electron chi connectivity index (χ0n) is 20.9. The zero-order valence-corrected chi connectivity index (χ0v) is 21.7. The average Bonchev–Trinajstić information content (AvgIpc) is 3.33. The number of halogens is 1. The quantitative estimate of drug-likeness (QED) is 0.229. The summed E-state index contributed by atoms with van der Waals surface area (Å²) in [6.07, 6.45) is 1.23. The Kier molecular flexibility index (Phi) is 7.51. The fraction of sp³-hybridized carbons (Fsp3) is 0.167. The molecule has 7 nitrogen and oxygen atoms in total. The number of hydrogen-bond acceptors (Lipinski definition) is 6. The molecule has 2 N–H and O–H groups in total. The number of carboxylic acid groups (broad SMARTS) is 1. The Morgan fingerprint density at radius 1 is 1.03 bits per heavy atom. The highest BCUT2D eigenvalue weighted by molar-refractivity contribution is 7.98. The number of hydrogen-bond donors (Lipinski definition) is 2.